The highest BCUT2D eigenvalue weighted by molar-refractivity contribution is 5.94. The second-order valence-corrected chi connectivity index (χ2v) is 7.72. The third kappa shape index (κ3) is 4.58. The van der Waals surface area contributed by atoms with Gasteiger partial charge in [0.15, 0.2) is 5.78 Å². The zero-order valence-electron chi connectivity index (χ0n) is 17.5. The zero-order valence-corrected chi connectivity index (χ0v) is 17.5. The number of carbonyl (C=O) groups is 2. The maximum absolute atomic E-state index is 13.0. The number of Topliss-reactive ketones (excluding diaryl/α,β-unsaturated/α-hetero) is 1. The molecule has 0 unspecified atom stereocenters. The molecular formula is C25H25N3O3. The first-order chi connectivity index (χ1) is 15.0. The summed E-state index contributed by atoms with van der Waals surface area (Å²) in [6.07, 6.45) is 1.72. The molecule has 1 fully saturated rings. The summed E-state index contributed by atoms with van der Waals surface area (Å²) in [4.78, 5) is 41.3. The van der Waals surface area contributed by atoms with Gasteiger partial charge in [-0.05, 0) is 48.9 Å². The number of pyridine rings is 1. The van der Waals surface area contributed by atoms with Crippen LogP contribution in [0.2, 0.25) is 0 Å². The van der Waals surface area contributed by atoms with Crippen molar-refractivity contribution in [1.82, 2.24) is 9.47 Å². The van der Waals surface area contributed by atoms with Gasteiger partial charge in [0.2, 0.25) is 0 Å². The summed E-state index contributed by atoms with van der Waals surface area (Å²) in [5.41, 5.74) is 2.67. The van der Waals surface area contributed by atoms with E-state index in [0.29, 0.717) is 38.3 Å². The van der Waals surface area contributed by atoms with Gasteiger partial charge in [-0.25, -0.2) is 0 Å². The van der Waals surface area contributed by atoms with Gasteiger partial charge in [0, 0.05) is 43.6 Å². The summed E-state index contributed by atoms with van der Waals surface area (Å²) in [5, 5.41) is 0. The predicted molar refractivity (Wildman–Crippen MR) is 121 cm³/mol. The molecule has 0 spiro atoms. The molecule has 3 aromatic rings. The van der Waals surface area contributed by atoms with Gasteiger partial charge >= 0.3 is 0 Å². The van der Waals surface area contributed by atoms with Crippen molar-refractivity contribution in [3.05, 3.63) is 100.0 Å². The Morgan fingerprint density at radius 2 is 1.52 bits per heavy atom. The van der Waals surface area contributed by atoms with Gasteiger partial charge in [-0.1, -0.05) is 30.3 Å². The van der Waals surface area contributed by atoms with Gasteiger partial charge in [-0.15, -0.1) is 0 Å². The van der Waals surface area contributed by atoms with Crippen molar-refractivity contribution in [1.29, 1.82) is 0 Å². The smallest absolute Gasteiger partial charge is 0.263 e. The van der Waals surface area contributed by atoms with Crippen LogP contribution in [-0.2, 0) is 6.54 Å². The molecule has 0 saturated carbocycles. The first-order valence-electron chi connectivity index (χ1n) is 10.4. The van der Waals surface area contributed by atoms with Gasteiger partial charge in [-0.2, -0.15) is 0 Å². The summed E-state index contributed by atoms with van der Waals surface area (Å²) in [5.74, 6) is -0.179. The lowest BCUT2D eigenvalue weighted by Gasteiger charge is -2.36. The number of piperazine rings is 1. The van der Waals surface area contributed by atoms with Crippen LogP contribution in [0.5, 0.6) is 0 Å². The van der Waals surface area contributed by atoms with Crippen LogP contribution in [0.25, 0.3) is 0 Å². The minimum Gasteiger partial charge on any atom is -0.368 e. The van der Waals surface area contributed by atoms with Crippen LogP contribution >= 0.6 is 0 Å². The Labute approximate surface area is 181 Å². The summed E-state index contributed by atoms with van der Waals surface area (Å²) >= 11 is 0. The van der Waals surface area contributed by atoms with E-state index in [9.17, 15) is 14.4 Å². The fourth-order valence-electron chi connectivity index (χ4n) is 3.85. The van der Waals surface area contributed by atoms with Crippen LogP contribution in [0.3, 0.4) is 0 Å². The van der Waals surface area contributed by atoms with Crippen LogP contribution in [0.4, 0.5) is 5.69 Å². The molecule has 1 aliphatic rings. The lowest BCUT2D eigenvalue weighted by Crippen LogP contribution is -2.50. The minimum absolute atomic E-state index is 0.0442. The second-order valence-electron chi connectivity index (χ2n) is 7.72. The minimum atomic E-state index is -0.265. The summed E-state index contributed by atoms with van der Waals surface area (Å²) in [6, 6.07) is 20.6. The fourth-order valence-corrected chi connectivity index (χ4v) is 3.85. The van der Waals surface area contributed by atoms with E-state index in [4.69, 9.17) is 0 Å². The molecule has 1 aromatic heterocycles. The van der Waals surface area contributed by atoms with Crippen molar-refractivity contribution >= 4 is 17.4 Å². The first-order valence-corrected chi connectivity index (χ1v) is 10.4. The molecule has 0 N–H and O–H groups in total. The van der Waals surface area contributed by atoms with Crippen LogP contribution in [0.1, 0.15) is 33.2 Å². The number of benzene rings is 2. The number of hydrogen-bond acceptors (Lipinski definition) is 4. The summed E-state index contributed by atoms with van der Waals surface area (Å²) in [7, 11) is 0. The number of amides is 1. The Morgan fingerprint density at radius 1 is 0.839 bits per heavy atom. The van der Waals surface area contributed by atoms with E-state index in [-0.39, 0.29) is 22.8 Å². The van der Waals surface area contributed by atoms with E-state index >= 15 is 0 Å². The fraction of sp³-hybridized carbons (Fsp3) is 0.240. The topological polar surface area (TPSA) is 62.6 Å². The van der Waals surface area contributed by atoms with Crippen LogP contribution in [0, 0.1) is 0 Å². The number of ketones is 1. The third-order valence-corrected chi connectivity index (χ3v) is 5.65. The van der Waals surface area contributed by atoms with Crippen molar-refractivity contribution in [2.75, 3.05) is 31.1 Å². The molecule has 0 radical (unpaired) electrons. The maximum Gasteiger partial charge on any atom is 0.263 e. The molecular weight excluding hydrogens is 390 g/mol. The standard InChI is InChI=1S/C25H25N3O3/c1-19(29)21-9-11-22(12-10-21)26-14-16-27(17-15-26)24(30)23-8-5-13-28(25(23)31)18-20-6-3-2-4-7-20/h2-13H,14-18H2,1H3. The average molecular weight is 415 g/mol. The Hall–Kier alpha value is -3.67. The molecule has 6 heteroatoms. The highest BCUT2D eigenvalue weighted by Gasteiger charge is 2.24. The molecule has 6 nitrogen and oxygen atoms in total. The third-order valence-electron chi connectivity index (χ3n) is 5.65. The molecule has 2 heterocycles. The number of rotatable bonds is 5. The lowest BCUT2D eigenvalue weighted by atomic mass is 10.1. The van der Waals surface area contributed by atoms with Crippen molar-refractivity contribution in [2.45, 2.75) is 13.5 Å². The summed E-state index contributed by atoms with van der Waals surface area (Å²) < 4.78 is 1.58. The average Bonchev–Trinajstić information content (AvgIpc) is 2.81. The Kier molecular flexibility index (Phi) is 5.98. The number of aromatic nitrogens is 1. The predicted octanol–water partition coefficient (Wildman–Crippen LogP) is 3.06. The molecule has 0 atom stereocenters. The highest BCUT2D eigenvalue weighted by Crippen LogP contribution is 2.18. The zero-order chi connectivity index (χ0) is 21.8. The maximum atomic E-state index is 13.0. The molecule has 158 valence electrons. The quantitative estimate of drug-likeness (QED) is 0.601. The molecule has 31 heavy (non-hydrogen) atoms. The van der Waals surface area contributed by atoms with Gasteiger partial charge < -0.3 is 14.4 Å². The van der Waals surface area contributed by atoms with Crippen LogP contribution < -0.4 is 10.5 Å². The van der Waals surface area contributed by atoms with Crippen LogP contribution in [0.15, 0.2) is 77.7 Å². The first kappa shape index (κ1) is 20.6. The summed E-state index contributed by atoms with van der Waals surface area (Å²) in [6.45, 7) is 4.43. The van der Waals surface area contributed by atoms with Crippen LogP contribution in [-0.4, -0.2) is 47.3 Å². The van der Waals surface area contributed by atoms with Gasteiger partial charge in [-0.3, -0.25) is 14.4 Å². The molecule has 0 aliphatic carbocycles. The van der Waals surface area contributed by atoms with Crippen molar-refractivity contribution in [2.24, 2.45) is 0 Å². The largest absolute Gasteiger partial charge is 0.368 e. The van der Waals surface area contributed by atoms with Gasteiger partial charge in [0.05, 0.1) is 6.54 Å². The molecule has 1 amide bonds. The Balaban J connectivity index is 1.43. The van der Waals surface area contributed by atoms with E-state index in [0.717, 1.165) is 11.3 Å². The van der Waals surface area contributed by atoms with Crippen molar-refractivity contribution < 1.29 is 9.59 Å². The molecule has 2 aromatic carbocycles. The normalized spacial score (nSPS) is 13.8. The van der Waals surface area contributed by atoms with E-state index in [1.54, 1.807) is 34.7 Å². The van der Waals surface area contributed by atoms with E-state index in [2.05, 4.69) is 4.90 Å². The van der Waals surface area contributed by atoms with Gasteiger partial charge in [0.25, 0.3) is 11.5 Å². The Morgan fingerprint density at radius 3 is 2.16 bits per heavy atom. The monoisotopic (exact) mass is 415 g/mol. The van der Waals surface area contributed by atoms with E-state index < -0.39 is 0 Å². The van der Waals surface area contributed by atoms with Crippen molar-refractivity contribution in [3.63, 3.8) is 0 Å². The number of nitrogens with zero attached hydrogens (tertiary/aromatic N) is 3. The SMILES string of the molecule is CC(=O)c1ccc(N2CCN(C(=O)c3cccn(Cc4ccccc4)c3=O)CC2)cc1. The molecule has 1 saturated heterocycles. The molecule has 0 bridgehead atoms. The Bertz CT molecular complexity index is 1130. The second kappa shape index (κ2) is 9.00. The lowest BCUT2D eigenvalue weighted by molar-refractivity contribution is 0.0744. The van der Waals surface area contributed by atoms with E-state index in [1.807, 2.05) is 54.6 Å². The number of hydrogen-bond donors (Lipinski definition) is 0. The molecule has 4 rings (SSSR count). The number of carbonyl (C=O) groups excluding carboxylic acids is 2. The van der Waals surface area contributed by atoms with E-state index in [1.165, 1.54) is 0 Å². The van der Waals surface area contributed by atoms with Gasteiger partial charge in [0.1, 0.15) is 5.56 Å². The number of anilines is 1. The van der Waals surface area contributed by atoms with Crippen molar-refractivity contribution in [3.8, 4) is 0 Å². The highest BCUT2D eigenvalue weighted by atomic mass is 16.2. The molecule has 1 aliphatic heterocycles.